The van der Waals surface area contributed by atoms with Crippen LogP contribution in [0.4, 0.5) is 4.79 Å². The molecule has 0 heterocycles. The average Bonchev–Trinajstić information content (AvgIpc) is 2.49. The van der Waals surface area contributed by atoms with Crippen molar-refractivity contribution in [3.8, 4) is 11.5 Å². The van der Waals surface area contributed by atoms with E-state index in [1.807, 2.05) is 0 Å². The van der Waals surface area contributed by atoms with Crippen LogP contribution in [0.15, 0.2) is 42.5 Å². The summed E-state index contributed by atoms with van der Waals surface area (Å²) >= 11 is 7.02. The van der Waals surface area contributed by atoms with Crippen LogP contribution in [0.2, 0.25) is 0 Å². The number of carbonyl (C=O) groups excluding carboxylic acids is 1. The molecule has 0 atom stereocenters. The van der Waals surface area contributed by atoms with Crippen molar-refractivity contribution in [3.63, 3.8) is 0 Å². The van der Waals surface area contributed by atoms with Crippen LogP contribution in [-0.4, -0.2) is 39.1 Å². The van der Waals surface area contributed by atoms with Crippen molar-refractivity contribution < 1.29 is 24.2 Å². The zero-order valence-electron chi connectivity index (χ0n) is 11.6. The molecule has 2 aromatic carbocycles. The Kier molecular flexibility index (Phi) is 5.36. The molecule has 0 aliphatic carbocycles. The maximum atomic E-state index is 11.8. The monoisotopic (exact) mass is 391 g/mol. The zero-order valence-corrected chi connectivity index (χ0v) is 14.2. The van der Waals surface area contributed by atoms with E-state index in [0.717, 1.165) is 0 Å². The van der Waals surface area contributed by atoms with Crippen molar-refractivity contribution >= 4 is 50.5 Å². The Morgan fingerprint density at radius 2 is 1.74 bits per heavy atom. The topological polar surface area (TPSA) is 98.9 Å². The van der Waals surface area contributed by atoms with Gasteiger partial charge in [-0.15, -0.1) is 0 Å². The average molecular weight is 391 g/mol. The second kappa shape index (κ2) is 7.26. The van der Waals surface area contributed by atoms with Crippen LogP contribution in [0.25, 0.3) is 0 Å². The number of hydrogen-bond acceptors (Lipinski definition) is 5. The number of carbonyl (C=O) groups is 2. The van der Waals surface area contributed by atoms with Gasteiger partial charge in [0.05, 0.1) is 0 Å². The number of hydrogen-bond donors (Lipinski definition) is 2. The summed E-state index contributed by atoms with van der Waals surface area (Å²) in [6.07, 6.45) is -1.05. The second-order valence-corrected chi connectivity index (χ2v) is 5.85. The molecule has 6 nitrogen and oxygen atoms in total. The number of ether oxygens (including phenoxy) is 2. The summed E-state index contributed by atoms with van der Waals surface area (Å²) in [5, 5.41) is 9.11. The van der Waals surface area contributed by atoms with Gasteiger partial charge >= 0.3 is 128 Å². The van der Waals surface area contributed by atoms with E-state index >= 15 is 0 Å². The van der Waals surface area contributed by atoms with Gasteiger partial charge in [-0.05, 0) is 0 Å². The van der Waals surface area contributed by atoms with Crippen LogP contribution in [0.3, 0.4) is 0 Å². The van der Waals surface area contributed by atoms with Gasteiger partial charge in [-0.2, -0.15) is 0 Å². The molecule has 0 saturated heterocycles. The van der Waals surface area contributed by atoms with Crippen molar-refractivity contribution in [1.29, 1.82) is 0 Å². The Morgan fingerprint density at radius 3 is 2.30 bits per heavy atom. The number of carboxylic acid groups (broad SMARTS) is 1. The van der Waals surface area contributed by atoms with Gasteiger partial charge in [-0.1, -0.05) is 12.2 Å². The second-order valence-electron chi connectivity index (χ2n) is 4.33. The first-order chi connectivity index (χ1) is 10.9. The van der Waals surface area contributed by atoms with Crippen LogP contribution >= 0.6 is 12.2 Å². The molecule has 0 fully saturated rings. The van der Waals surface area contributed by atoms with Crippen LogP contribution in [0.1, 0.15) is 15.9 Å². The Balaban J connectivity index is 2.11. The molecule has 8 heteroatoms. The summed E-state index contributed by atoms with van der Waals surface area (Å²) in [7, 11) is 0. The number of rotatable bonds is 4. The van der Waals surface area contributed by atoms with Crippen molar-refractivity contribution in [3.05, 3.63) is 53.6 Å². The van der Waals surface area contributed by atoms with Crippen LogP contribution < -0.4 is 19.6 Å². The van der Waals surface area contributed by atoms with E-state index in [2.05, 4.69) is 16.9 Å². The number of carboxylic acids is 1. The van der Waals surface area contributed by atoms with Crippen LogP contribution in [0, 0.1) is 0 Å². The van der Waals surface area contributed by atoms with Crippen molar-refractivity contribution in [2.45, 2.75) is 0 Å². The molecular formula is C15H10AsNO5S. The quantitative estimate of drug-likeness (QED) is 0.352. The standard InChI is InChI=1S/C15H10AsNO5S/c16-9-3-6-12(11(7-9)14(18)19)22-15(20)21-10-4-1-8(2-5-10)13(17)23/h1-7H,(H2,17,23)(H,18,19). The minimum atomic E-state index is -1.21. The van der Waals surface area contributed by atoms with Gasteiger partial charge in [0, 0.05) is 0 Å². The summed E-state index contributed by atoms with van der Waals surface area (Å²) in [6.45, 7) is 0. The Hall–Kier alpha value is -2.37. The fourth-order valence-corrected chi connectivity index (χ4v) is 2.23. The first kappa shape index (κ1) is 17.0. The molecule has 0 saturated carbocycles. The third-order valence-electron chi connectivity index (χ3n) is 2.73. The number of aromatic carboxylic acids is 1. The predicted molar refractivity (Wildman–Crippen MR) is 87.8 cm³/mol. The molecule has 2 radical (unpaired) electrons. The van der Waals surface area contributed by atoms with Gasteiger partial charge in [-0.25, -0.2) is 0 Å². The van der Waals surface area contributed by atoms with Gasteiger partial charge in [0.2, 0.25) is 0 Å². The molecule has 0 aromatic heterocycles. The molecule has 0 aliphatic rings. The number of benzene rings is 2. The van der Waals surface area contributed by atoms with Crippen molar-refractivity contribution in [2.24, 2.45) is 5.73 Å². The molecule has 0 bridgehead atoms. The Bertz CT molecular complexity index is 776. The molecule has 0 unspecified atom stereocenters. The SMILES string of the molecule is NC(=S)c1ccc(OC(=O)Oc2ccc([As])cc2C(=O)O)cc1. The normalized spacial score (nSPS) is 9.96. The molecule has 23 heavy (non-hydrogen) atoms. The molecule has 0 spiro atoms. The van der Waals surface area contributed by atoms with Gasteiger partial charge in [0.1, 0.15) is 0 Å². The predicted octanol–water partition coefficient (Wildman–Crippen LogP) is 1.39. The fourth-order valence-electron chi connectivity index (χ4n) is 1.67. The molecule has 3 N–H and O–H groups in total. The van der Waals surface area contributed by atoms with Gasteiger partial charge < -0.3 is 5.73 Å². The van der Waals surface area contributed by atoms with E-state index in [1.165, 1.54) is 24.3 Å². The van der Waals surface area contributed by atoms with E-state index < -0.39 is 12.1 Å². The Labute approximate surface area is 145 Å². The molecule has 0 aliphatic heterocycles. The molecule has 0 amide bonds. The summed E-state index contributed by atoms with van der Waals surface area (Å²) in [6, 6.07) is 10.6. The maximum absolute atomic E-state index is 11.8. The van der Waals surface area contributed by atoms with E-state index in [9.17, 15) is 9.59 Å². The number of thiocarbonyl (C=S) groups is 1. The van der Waals surface area contributed by atoms with E-state index in [0.29, 0.717) is 9.91 Å². The molecule has 2 rings (SSSR count). The van der Waals surface area contributed by atoms with E-state index in [4.69, 9.17) is 32.5 Å². The van der Waals surface area contributed by atoms with Crippen molar-refractivity contribution in [1.82, 2.24) is 0 Å². The van der Waals surface area contributed by atoms with Crippen LogP contribution in [0.5, 0.6) is 11.5 Å². The summed E-state index contributed by atoms with van der Waals surface area (Å²) in [5.41, 5.74) is 5.96. The zero-order chi connectivity index (χ0) is 17.0. The third-order valence-corrected chi connectivity index (χ3v) is 3.55. The molecule has 2 aromatic rings. The van der Waals surface area contributed by atoms with Crippen LogP contribution in [-0.2, 0) is 0 Å². The van der Waals surface area contributed by atoms with Gasteiger partial charge in [0.15, 0.2) is 0 Å². The van der Waals surface area contributed by atoms with E-state index in [1.54, 1.807) is 18.2 Å². The summed E-state index contributed by atoms with van der Waals surface area (Å²) in [5.74, 6) is -1.09. The van der Waals surface area contributed by atoms with E-state index in [-0.39, 0.29) is 22.1 Å². The Morgan fingerprint density at radius 1 is 1.09 bits per heavy atom. The first-order valence-electron chi connectivity index (χ1n) is 6.22. The first-order valence-corrected chi connectivity index (χ1v) is 7.57. The fraction of sp³-hybridized carbons (Fsp3) is 0. The third kappa shape index (κ3) is 4.55. The molecule has 116 valence electrons. The van der Waals surface area contributed by atoms with Gasteiger partial charge in [-0.3, -0.25) is 0 Å². The van der Waals surface area contributed by atoms with Gasteiger partial charge in [0.25, 0.3) is 0 Å². The van der Waals surface area contributed by atoms with Crippen molar-refractivity contribution in [2.75, 3.05) is 0 Å². The summed E-state index contributed by atoms with van der Waals surface area (Å²) < 4.78 is 10.6. The minimum absolute atomic E-state index is 0.0999. The molecular weight excluding hydrogens is 381 g/mol. The summed E-state index contributed by atoms with van der Waals surface area (Å²) in [4.78, 5) is 23.1. The number of nitrogens with two attached hydrogens (primary N) is 1.